The maximum atomic E-state index is 4.29. The van der Waals surface area contributed by atoms with Crippen LogP contribution in [0.15, 0.2) is 12.3 Å². The lowest BCUT2D eigenvalue weighted by atomic mass is 10.2. The van der Waals surface area contributed by atoms with Gasteiger partial charge in [-0.05, 0) is 19.9 Å². The maximum absolute atomic E-state index is 4.29. The number of aromatic nitrogens is 3. The summed E-state index contributed by atoms with van der Waals surface area (Å²) < 4.78 is 1.86. The topological polar surface area (TPSA) is 30.7 Å². The van der Waals surface area contributed by atoms with E-state index in [1.807, 2.05) is 29.0 Å². The van der Waals surface area contributed by atoms with Crippen molar-refractivity contribution in [2.24, 2.45) is 0 Å². The fraction of sp³-hybridized carbons (Fsp3) is 0.250. The lowest BCUT2D eigenvalue weighted by molar-refractivity contribution is 1.04. The van der Waals surface area contributed by atoms with E-state index in [0.29, 0.717) is 0 Å². The smallest absolute Gasteiger partial charge is 0.0851 e. The van der Waals surface area contributed by atoms with Gasteiger partial charge in [0.05, 0.1) is 34.1 Å². The molecule has 0 N–H and O–H groups in total. The van der Waals surface area contributed by atoms with Gasteiger partial charge in [-0.1, -0.05) is 0 Å². The number of fused-ring (bicyclic) bond motifs is 1. The van der Waals surface area contributed by atoms with E-state index in [1.54, 1.807) is 0 Å². The molecule has 0 fully saturated rings. The normalized spacial score (nSPS) is 10.9. The van der Waals surface area contributed by atoms with E-state index in [1.165, 1.54) is 0 Å². The molecule has 0 aliphatic carbocycles. The molecule has 0 amide bonds. The Hall–Kier alpha value is -0.650. The monoisotopic (exact) mass is 273 g/mol. The lowest BCUT2D eigenvalue weighted by Gasteiger charge is -1.92. The number of hydrogen-bond acceptors (Lipinski definition) is 2. The molecule has 0 aromatic carbocycles. The third kappa shape index (κ3) is 1.10. The van der Waals surface area contributed by atoms with E-state index in [0.717, 1.165) is 22.3 Å². The minimum absolute atomic E-state index is 1.03. The van der Waals surface area contributed by atoms with E-state index >= 15 is 0 Å². The van der Waals surface area contributed by atoms with Crippen molar-refractivity contribution >= 4 is 33.8 Å². The van der Waals surface area contributed by atoms with Crippen LogP contribution in [0.2, 0.25) is 0 Å². The Balaban J connectivity index is 2.90. The van der Waals surface area contributed by atoms with Crippen molar-refractivity contribution in [3.63, 3.8) is 0 Å². The van der Waals surface area contributed by atoms with Gasteiger partial charge in [0.1, 0.15) is 0 Å². The summed E-state index contributed by atoms with van der Waals surface area (Å²) in [5, 5.41) is 5.43. The van der Waals surface area contributed by atoms with E-state index in [9.17, 15) is 0 Å². The van der Waals surface area contributed by atoms with Crippen LogP contribution < -0.4 is 0 Å². The molecular formula is C8H8IN3. The Morgan fingerprint density at radius 3 is 2.92 bits per heavy atom. The second-order valence-electron chi connectivity index (χ2n) is 2.79. The highest BCUT2D eigenvalue weighted by Crippen LogP contribution is 2.19. The molecule has 2 rings (SSSR count). The third-order valence-corrected chi connectivity index (χ3v) is 2.58. The summed E-state index contributed by atoms with van der Waals surface area (Å²) >= 11 is 2.17. The van der Waals surface area contributed by atoms with Crippen molar-refractivity contribution in [1.82, 2.24) is 13.0 Å². The van der Waals surface area contributed by atoms with Gasteiger partial charge in [-0.2, -0.15) is 5.10 Å². The Morgan fingerprint density at radius 2 is 2.17 bits per heavy atom. The van der Waals surface area contributed by atoms with Crippen LogP contribution in [0.1, 0.15) is 11.4 Å². The second-order valence-corrected chi connectivity index (χ2v) is 3.70. The third-order valence-electron chi connectivity index (χ3n) is 1.85. The summed E-state index contributed by atoms with van der Waals surface area (Å²) in [5.41, 5.74) is 3.20. The highest BCUT2D eigenvalue weighted by molar-refractivity contribution is 14.1. The zero-order valence-corrected chi connectivity index (χ0v) is 9.03. The highest BCUT2D eigenvalue weighted by Gasteiger charge is 2.04. The van der Waals surface area contributed by atoms with Gasteiger partial charge in [0.25, 0.3) is 0 Å². The standard InChI is InChI=1S/C8H8IN3/c1-5-3-8-7(4-10-5)6(2)11-12(8)9/h3-4H,1-2H3. The molecule has 0 radical (unpaired) electrons. The molecule has 2 aromatic heterocycles. The first kappa shape index (κ1) is 7.97. The SMILES string of the molecule is Cc1cc2c(cn1)c(C)nn2I. The van der Waals surface area contributed by atoms with Crippen LogP contribution >= 0.6 is 22.9 Å². The molecule has 3 nitrogen and oxygen atoms in total. The average molecular weight is 273 g/mol. The first-order valence-electron chi connectivity index (χ1n) is 3.66. The van der Waals surface area contributed by atoms with Crippen LogP contribution in [0.5, 0.6) is 0 Å². The molecule has 0 aliphatic heterocycles. The fourth-order valence-corrected chi connectivity index (χ4v) is 1.94. The van der Waals surface area contributed by atoms with Crippen molar-refractivity contribution < 1.29 is 0 Å². The molecule has 4 heteroatoms. The minimum atomic E-state index is 1.03. The summed E-state index contributed by atoms with van der Waals surface area (Å²) in [5.74, 6) is 0. The van der Waals surface area contributed by atoms with Crippen LogP contribution in [-0.4, -0.2) is 13.0 Å². The zero-order valence-electron chi connectivity index (χ0n) is 6.87. The van der Waals surface area contributed by atoms with E-state index in [4.69, 9.17) is 0 Å². The predicted molar refractivity (Wildman–Crippen MR) is 56.4 cm³/mol. The maximum Gasteiger partial charge on any atom is 0.0851 e. The number of pyridine rings is 1. The molecular weight excluding hydrogens is 265 g/mol. The Bertz CT molecular complexity index is 433. The van der Waals surface area contributed by atoms with Gasteiger partial charge < -0.3 is 0 Å². The molecule has 0 bridgehead atoms. The summed E-state index contributed by atoms with van der Waals surface area (Å²) in [6.07, 6.45) is 1.88. The highest BCUT2D eigenvalue weighted by atomic mass is 127. The summed E-state index contributed by atoms with van der Waals surface area (Å²) in [4.78, 5) is 4.22. The largest absolute Gasteiger partial charge is 0.261 e. The molecule has 0 spiro atoms. The van der Waals surface area contributed by atoms with E-state index in [-0.39, 0.29) is 0 Å². The van der Waals surface area contributed by atoms with Crippen LogP contribution in [0, 0.1) is 13.8 Å². The number of nitrogens with zero attached hydrogens (tertiary/aromatic N) is 3. The van der Waals surface area contributed by atoms with Crippen molar-refractivity contribution in [1.29, 1.82) is 0 Å². The van der Waals surface area contributed by atoms with Crippen molar-refractivity contribution in [2.45, 2.75) is 13.8 Å². The van der Waals surface area contributed by atoms with Gasteiger partial charge in [0.15, 0.2) is 0 Å². The van der Waals surface area contributed by atoms with Crippen LogP contribution in [-0.2, 0) is 0 Å². The van der Waals surface area contributed by atoms with Gasteiger partial charge >= 0.3 is 0 Å². The van der Waals surface area contributed by atoms with Gasteiger partial charge in [-0.15, -0.1) is 0 Å². The second kappa shape index (κ2) is 2.69. The molecule has 0 saturated heterocycles. The van der Waals surface area contributed by atoms with Crippen LogP contribution in [0.25, 0.3) is 10.9 Å². The number of hydrogen-bond donors (Lipinski definition) is 0. The van der Waals surface area contributed by atoms with Crippen LogP contribution in [0.4, 0.5) is 0 Å². The zero-order chi connectivity index (χ0) is 8.72. The molecule has 0 aliphatic rings. The Kier molecular flexibility index (Phi) is 1.79. The molecule has 12 heavy (non-hydrogen) atoms. The molecule has 0 atom stereocenters. The van der Waals surface area contributed by atoms with Gasteiger partial charge in [0.2, 0.25) is 0 Å². The van der Waals surface area contributed by atoms with Gasteiger partial charge in [-0.25, -0.2) is 2.90 Å². The number of rotatable bonds is 0. The van der Waals surface area contributed by atoms with Crippen molar-refractivity contribution in [3.8, 4) is 0 Å². The summed E-state index contributed by atoms with van der Waals surface area (Å²) in [7, 11) is 0. The average Bonchev–Trinajstić information content (AvgIpc) is 2.28. The molecule has 0 unspecified atom stereocenters. The minimum Gasteiger partial charge on any atom is -0.261 e. The summed E-state index contributed by atoms with van der Waals surface area (Å²) in [6.45, 7) is 3.98. The first-order chi connectivity index (χ1) is 5.68. The van der Waals surface area contributed by atoms with Gasteiger partial charge in [-0.3, -0.25) is 4.98 Å². The van der Waals surface area contributed by atoms with E-state index < -0.39 is 0 Å². The molecule has 0 saturated carbocycles. The quantitative estimate of drug-likeness (QED) is 0.689. The summed E-state index contributed by atoms with van der Waals surface area (Å²) in [6, 6.07) is 2.04. The Labute approximate surface area is 84.3 Å². The predicted octanol–water partition coefficient (Wildman–Crippen LogP) is 2.25. The van der Waals surface area contributed by atoms with Crippen molar-refractivity contribution in [2.75, 3.05) is 0 Å². The fourth-order valence-electron chi connectivity index (χ4n) is 1.22. The van der Waals surface area contributed by atoms with Crippen LogP contribution in [0.3, 0.4) is 0 Å². The number of aryl methyl sites for hydroxylation is 2. The van der Waals surface area contributed by atoms with E-state index in [2.05, 4.69) is 32.9 Å². The molecule has 62 valence electrons. The Morgan fingerprint density at radius 1 is 1.42 bits per heavy atom. The molecule has 2 heterocycles. The lowest BCUT2D eigenvalue weighted by Crippen LogP contribution is -1.82. The number of halogens is 1. The van der Waals surface area contributed by atoms with Gasteiger partial charge in [0, 0.05) is 17.3 Å². The first-order valence-corrected chi connectivity index (χ1v) is 4.63. The molecule has 2 aromatic rings. The van der Waals surface area contributed by atoms with Crippen molar-refractivity contribution in [3.05, 3.63) is 23.7 Å².